The number of para-hydroxylation sites is 11. The zero-order valence-corrected chi connectivity index (χ0v) is 113. The van der Waals surface area contributed by atoms with Gasteiger partial charge in [0.2, 0.25) is 16.7 Å². The zero-order chi connectivity index (χ0) is 98.3. The fraction of sp³-hybridized carbons (Fsp3) is 0.248. The largest absolute Gasteiger partial charge is 1.00 e. The number of hydrogen-bond donors (Lipinski definition) is 4. The maximum Gasteiger partial charge on any atom is 1.00 e. The second-order valence-corrected chi connectivity index (χ2v) is 81.3. The van der Waals surface area contributed by atoms with Crippen molar-refractivity contribution in [2.45, 2.75) is 163 Å². The number of aromatic nitrogens is 1. The van der Waals surface area contributed by atoms with Crippen molar-refractivity contribution in [3.63, 3.8) is 0 Å². The summed E-state index contributed by atoms with van der Waals surface area (Å²) in [4.78, 5) is 10.9. The van der Waals surface area contributed by atoms with E-state index in [1.165, 1.54) is 72.8 Å². The van der Waals surface area contributed by atoms with Gasteiger partial charge in [-0.25, -0.2) is 0 Å². The second kappa shape index (κ2) is 102. The van der Waals surface area contributed by atoms with Gasteiger partial charge in [-0.05, 0) is 212 Å². The van der Waals surface area contributed by atoms with Gasteiger partial charge in [-0.15, -0.1) is 112 Å². The number of thioether (sulfide) groups is 4. The Morgan fingerprint density at radius 3 is 1.05 bits per heavy atom. The van der Waals surface area contributed by atoms with Crippen LogP contribution in [0.15, 0.2) is 372 Å². The number of fused-ring (bicyclic) bond motifs is 3. The molecule has 6 nitrogen and oxygen atoms in total. The van der Waals surface area contributed by atoms with E-state index in [2.05, 4.69) is 363 Å². The van der Waals surface area contributed by atoms with Crippen LogP contribution in [0, 0.1) is 7.43 Å². The Bertz CT molecular complexity index is 4700. The number of halogens is 1. The molecule has 133 heavy (non-hydrogen) atoms. The van der Waals surface area contributed by atoms with Crippen LogP contribution in [-0.4, -0.2) is 32.1 Å². The molecule has 0 saturated heterocycles. The fourth-order valence-corrected chi connectivity index (χ4v) is 81.7. The van der Waals surface area contributed by atoms with Crippen LogP contribution in [0.4, 0.5) is 51.2 Å². The van der Waals surface area contributed by atoms with Gasteiger partial charge in [-0.2, -0.15) is 6.26 Å². The topological polar surface area (TPSA) is 60.4 Å². The number of nitrogen functional groups attached to an aromatic ring is 1. The average molecular weight is 2380 g/mol. The summed E-state index contributed by atoms with van der Waals surface area (Å²) in [5.74, 6) is 0. The third-order valence-corrected chi connectivity index (χ3v) is 88.0. The van der Waals surface area contributed by atoms with Gasteiger partial charge < -0.3 is 47.6 Å². The molecule has 11 unspecified atom stereocenters. The smallest absolute Gasteiger partial charge is 1.00 e. The normalized spacial score (nSPS) is 10.9. The molecule has 0 aliphatic carbocycles. The molecule has 1 aromatic heterocycles. The first-order valence-electron chi connectivity index (χ1n) is 43.3. The molecule has 4 N–H and O–H groups in total. The van der Waals surface area contributed by atoms with Crippen LogP contribution in [0.1, 0.15) is 140 Å². The zero-order valence-electron chi connectivity index (χ0n) is 85.1. The van der Waals surface area contributed by atoms with Crippen molar-refractivity contribution in [1.82, 2.24) is 0 Å². The first-order chi connectivity index (χ1) is 63.0. The van der Waals surface area contributed by atoms with Gasteiger partial charge in [0.15, 0.2) is 0 Å². The Morgan fingerprint density at radius 2 is 0.714 bits per heavy atom. The van der Waals surface area contributed by atoms with E-state index in [0.717, 1.165) is 41.3 Å². The van der Waals surface area contributed by atoms with Crippen molar-refractivity contribution in [1.29, 1.82) is 0 Å². The molecular weight excluding hydrogens is 2220 g/mol. The Hall–Kier alpha value is 0.962. The molecule has 0 spiro atoms. The second-order valence-electron chi connectivity index (χ2n) is 22.3. The first kappa shape index (κ1) is 149. The van der Waals surface area contributed by atoms with Crippen molar-refractivity contribution < 1.29 is 85.5 Å². The van der Waals surface area contributed by atoms with E-state index in [4.69, 9.17) is 5.73 Å². The minimum absolute atomic E-state index is 0. The van der Waals surface area contributed by atoms with E-state index in [-0.39, 0.29) is 124 Å². The van der Waals surface area contributed by atoms with Crippen LogP contribution in [0.25, 0.3) is 15.9 Å². The third kappa shape index (κ3) is 60.6. The average Bonchev–Trinajstić information content (AvgIpc) is 1.59. The molecule has 0 saturated carbocycles. The molecule has 11 atom stereocenters. The molecule has 0 fully saturated rings. The van der Waals surface area contributed by atoms with E-state index < -0.39 is 0 Å². The van der Waals surface area contributed by atoms with Crippen molar-refractivity contribution in [3.05, 3.63) is 355 Å². The summed E-state index contributed by atoms with van der Waals surface area (Å²) in [6.07, 6.45) is 5.74. The van der Waals surface area contributed by atoms with E-state index in [0.29, 0.717) is 7.30 Å². The summed E-state index contributed by atoms with van der Waals surface area (Å²) >= 11 is 20.9. The number of hydrogen-bond acceptors (Lipinski definition) is 12. The molecule has 12 aromatic carbocycles. The fourth-order valence-electron chi connectivity index (χ4n) is 9.69. The number of thiol groups is 1. The van der Waals surface area contributed by atoms with E-state index in [9.17, 15) is 0 Å². The standard InChI is InChI=1S/C26H18N2S2.C13H10NS.C13H13NS.C12H11NS.C7H7BrS.C6H7N.10C2H6.CH12P8.CH11P7.CH4S.CH3.2Na.Pd.H/c1-3-11-19(12-4-1)27-21-15-7-9-17-23(21)29-25(27)26-28(20-13-5-2-6-14-20)22-16-8-10-18-24(22)30-26;1-2-6-11(7-3-1)14-10-15-13-9-5-4-8-12(13)14;1-15-13-10-6-5-9-12(13)14-11-7-3-2-4-8-11;14-12-9-5-4-8-11(12)13-10-6-2-1-3-7-10;1-9-7-5-3-2-4-6(7)8;7-6-4-2-1-3-5-6;10*1-2;1-7(8(3)4)9(5)6-2;1-6(7(2)3)8(4)5;1-2;;;;;/h1-18H;1-10H;2-10,14H,1H3;1-9,13-14H;2-5H,1H3;1-5H,7H2;10*1-2H3;6H,2-5H2,1H3;2-5H2,1H3;2H,1H3;1H3;;;;/q;+1;;;;;;;;;;;;;;;;;;-1;2*+1;;-1/p-1/b26-25+;;;;;;;;;;;;;;;;;;;;;;;. The van der Waals surface area contributed by atoms with E-state index >= 15 is 0 Å². The Balaban J connectivity index is -0.000000191. The van der Waals surface area contributed by atoms with Crippen molar-refractivity contribution in [2.75, 3.05) is 58.3 Å². The quantitative estimate of drug-likeness (QED) is 0.0124. The van der Waals surface area contributed by atoms with Crippen molar-refractivity contribution >= 4 is 283 Å². The van der Waals surface area contributed by atoms with Crippen molar-refractivity contribution in [2.24, 2.45) is 0 Å². The van der Waals surface area contributed by atoms with E-state index in [1.807, 2.05) is 295 Å². The first-order valence-corrected chi connectivity index (χ1v) is 77.1. The monoisotopic (exact) mass is 2370 g/mol. The Kier molecular flexibility index (Phi) is 114. The number of nitrogens with zero attached hydrogens (tertiary/aromatic N) is 3. The summed E-state index contributed by atoms with van der Waals surface area (Å²) in [6.45, 7) is 45.6. The molecule has 726 valence electrons. The molecule has 32 heteroatoms. The predicted molar refractivity (Wildman–Crippen MR) is 674 cm³/mol. The number of nitrogens with one attached hydrogen (secondary N) is 2. The maximum atomic E-state index is 5.36. The number of benzene rings is 12. The van der Waals surface area contributed by atoms with E-state index in [1.54, 1.807) is 41.1 Å². The van der Waals surface area contributed by atoms with Crippen LogP contribution >= 0.6 is 209 Å². The Labute approximate surface area is 938 Å². The molecule has 2 aliphatic rings. The number of nitrogens with two attached hydrogens (primary N) is 1. The summed E-state index contributed by atoms with van der Waals surface area (Å²) in [6, 6.07) is 112. The molecule has 3 heterocycles. The van der Waals surface area contributed by atoms with Crippen LogP contribution in [0.2, 0.25) is 0 Å². The summed E-state index contributed by atoms with van der Waals surface area (Å²) in [7, 11) is 24.9. The number of rotatable bonds is 14. The maximum absolute atomic E-state index is 5.36. The van der Waals surface area contributed by atoms with Gasteiger partial charge >= 0.3 is 59.1 Å². The van der Waals surface area contributed by atoms with Crippen molar-refractivity contribution in [3.8, 4) is 5.69 Å². The molecular formula is C101H156BrN6Na2P15PdS7. The molecule has 0 amide bonds. The molecule has 15 rings (SSSR count). The third-order valence-electron chi connectivity index (χ3n) is 15.1. The van der Waals surface area contributed by atoms with Gasteiger partial charge in [-0.3, -0.25) is 0 Å². The van der Waals surface area contributed by atoms with Gasteiger partial charge in [0.1, 0.15) is 14.8 Å². The van der Waals surface area contributed by atoms with Gasteiger partial charge in [0.25, 0.3) is 0 Å². The summed E-state index contributed by atoms with van der Waals surface area (Å²) in [5, 5.41) is 9.18. The summed E-state index contributed by atoms with van der Waals surface area (Å²) in [5.41, 5.74) is 20.1. The Morgan fingerprint density at radius 1 is 0.406 bits per heavy atom. The minimum Gasteiger partial charge on any atom is -1.00 e. The van der Waals surface area contributed by atoms with Gasteiger partial charge in [0, 0.05) is 96.0 Å². The van der Waals surface area contributed by atoms with Gasteiger partial charge in [-0.1, -0.05) is 363 Å². The minimum atomic E-state index is 0. The van der Waals surface area contributed by atoms with Crippen LogP contribution in [0.5, 0.6) is 0 Å². The summed E-state index contributed by atoms with van der Waals surface area (Å²) < 4.78 is 4.72. The molecule has 0 bridgehead atoms. The SMILES string of the molecule is CC.CC.CC.CC.CC.CC.CC.CC.CC.CC.CP(P(P)P)P(P)P.CP(P(P)P)P(P)PP.CSc1ccccc1Br.CSc1ccccc1Nc1ccccc1.C[S-].Nc1ccccc1.Sc1ccccc1Nc1ccccc1.[CH3-].[H-].[Na+].[Na+].[Pd].c1ccc(-[n+]2csc3ccccc32)cc1.c1ccc(N2/C(=C3\Sc4ccccc4N3c3ccccc3)Sc3ccccc32)cc1. The molecule has 2 aliphatic heterocycles. The van der Waals surface area contributed by atoms with Crippen LogP contribution in [0.3, 0.4) is 0 Å². The number of anilines is 9. The number of thiazole rings is 1. The molecule has 13 aromatic rings. The van der Waals surface area contributed by atoms with Crippen LogP contribution in [-0.2, 0) is 33.1 Å². The van der Waals surface area contributed by atoms with Crippen LogP contribution < -0.4 is 89.8 Å². The molecule has 0 radical (unpaired) electrons. The predicted octanol–water partition coefficient (Wildman–Crippen LogP) is 37.2. The van der Waals surface area contributed by atoms with Gasteiger partial charge in [0.05, 0.1) is 22.7 Å².